The van der Waals surface area contributed by atoms with E-state index in [-0.39, 0.29) is 94.9 Å². The van der Waals surface area contributed by atoms with Crippen LogP contribution in [0.1, 0.15) is 61.5 Å². The van der Waals surface area contributed by atoms with Gasteiger partial charge >= 0.3 is 11.9 Å². The number of primary amides is 1. The molecular formula is C46H57N12O12S2+. The molecule has 3 aromatic heterocycles. The number of amides is 5. The van der Waals surface area contributed by atoms with Crippen molar-refractivity contribution in [3.63, 3.8) is 0 Å². The minimum Gasteiger partial charge on any atom is -0.477 e. The Morgan fingerprint density at radius 1 is 0.958 bits per heavy atom. The second-order valence-electron chi connectivity index (χ2n) is 19.1. The van der Waals surface area contributed by atoms with Crippen molar-refractivity contribution in [2.45, 2.75) is 88.7 Å². The summed E-state index contributed by atoms with van der Waals surface area (Å²) in [6.07, 6.45) is 5.75. The summed E-state index contributed by atoms with van der Waals surface area (Å²) >= 11 is 2.64. The molecule has 24 nitrogen and oxygen atoms in total. The Morgan fingerprint density at radius 2 is 1.60 bits per heavy atom. The number of carboxylic acids is 2. The molecule has 11 N–H and O–H groups in total. The molecule has 72 heavy (non-hydrogen) atoms. The van der Waals surface area contributed by atoms with Gasteiger partial charge in [0.05, 0.1) is 52.6 Å². The first-order valence-electron chi connectivity index (χ1n) is 23.3. The quantitative estimate of drug-likeness (QED) is 0.0268. The maximum atomic E-state index is 13.3. The van der Waals surface area contributed by atoms with Crippen molar-refractivity contribution in [3.05, 3.63) is 69.5 Å². The van der Waals surface area contributed by atoms with Gasteiger partial charge in [-0.15, -0.1) is 23.1 Å². The number of hydrogen-bond acceptors (Lipinski definition) is 15. The van der Waals surface area contributed by atoms with Gasteiger partial charge in [-0.3, -0.25) is 38.1 Å². The normalized spacial score (nSPS) is 27.4. The van der Waals surface area contributed by atoms with Crippen LogP contribution >= 0.6 is 23.1 Å². The van der Waals surface area contributed by atoms with E-state index in [0.29, 0.717) is 58.2 Å². The lowest BCUT2D eigenvalue weighted by Crippen LogP contribution is -2.63. The van der Waals surface area contributed by atoms with Gasteiger partial charge in [-0.2, -0.15) is 4.57 Å². The number of likely N-dealkylation sites (N-methyl/N-ethyl adjacent to an activating group) is 1. The molecule has 4 saturated heterocycles. The SMILES string of the molecule is C[C@@H](O)[C@H]1C(=O)N2C(C(=O)O)=C(SC3C[C@@H](C(=O)N4CC[C@H](NC(=O)CN=C(N)N)C4)N(C)C3)[C@H](C)[C@H]12.C[C@@H](O)[C@H]1C(=O)N2C(C(=O)O)=C(c3cn4cnc(C(=O)c5ccc[n+](CC(N)=O)c5)c4s3)[C@H](C)[C@H]12. The number of pyridine rings is 1. The highest BCUT2D eigenvalue weighted by atomic mass is 32.2. The lowest BCUT2D eigenvalue weighted by atomic mass is 9.77. The van der Waals surface area contributed by atoms with Crippen LogP contribution in [0.15, 0.2) is 58.3 Å². The molecule has 11 atom stereocenters. The maximum absolute atomic E-state index is 13.3. The number of thiazole rings is 1. The number of carbonyl (C=O) groups is 8. The Morgan fingerprint density at radius 3 is 2.21 bits per heavy atom. The van der Waals surface area contributed by atoms with Gasteiger partial charge in [-0.25, -0.2) is 19.6 Å². The third kappa shape index (κ3) is 9.31. The van der Waals surface area contributed by atoms with Crippen molar-refractivity contribution in [1.29, 1.82) is 0 Å². The van der Waals surface area contributed by atoms with Crippen LogP contribution in [-0.2, 0) is 40.1 Å². The average Bonchev–Trinajstić information content (AvgIpc) is 4.15. The summed E-state index contributed by atoms with van der Waals surface area (Å²) in [4.78, 5) is 115. The highest BCUT2D eigenvalue weighted by Crippen LogP contribution is 2.53. The number of aromatic nitrogens is 3. The number of rotatable bonds is 15. The Balaban J connectivity index is 0.000000193. The van der Waals surface area contributed by atoms with E-state index in [2.05, 4.69) is 15.3 Å². The predicted molar refractivity (Wildman–Crippen MR) is 258 cm³/mol. The number of carbonyl (C=O) groups excluding carboxylic acids is 6. The van der Waals surface area contributed by atoms with Gasteiger partial charge in [0.1, 0.15) is 34.8 Å². The largest absolute Gasteiger partial charge is 0.477 e. The van der Waals surface area contributed by atoms with E-state index in [1.165, 1.54) is 56.9 Å². The number of β-lactam (4-membered cyclic amide) rings is 2. The molecule has 0 radical (unpaired) electrons. The first kappa shape index (κ1) is 51.6. The van der Waals surface area contributed by atoms with E-state index in [1.807, 2.05) is 25.8 Å². The number of thioether (sulfide) groups is 1. The fourth-order valence-corrected chi connectivity index (χ4v) is 13.8. The van der Waals surface area contributed by atoms with E-state index >= 15 is 0 Å². The summed E-state index contributed by atoms with van der Waals surface area (Å²) in [6.45, 7) is 8.10. The number of hydrogen-bond donors (Lipinski definition) is 8. The second kappa shape index (κ2) is 20.0. The lowest BCUT2D eigenvalue weighted by Gasteiger charge is -2.46. The number of nitrogens with two attached hydrogens (primary N) is 3. The van der Waals surface area contributed by atoms with Crippen LogP contribution in [0.4, 0.5) is 0 Å². The fraction of sp³-hybridized carbons (Fsp3) is 0.500. The summed E-state index contributed by atoms with van der Waals surface area (Å²) in [5.41, 5.74) is 16.7. The number of aliphatic carboxylic acids is 2. The molecule has 384 valence electrons. The van der Waals surface area contributed by atoms with Crippen LogP contribution in [0.5, 0.6) is 0 Å². The van der Waals surface area contributed by atoms with Crippen LogP contribution in [-0.4, -0.2) is 177 Å². The van der Waals surface area contributed by atoms with Crippen molar-refractivity contribution in [2.24, 2.45) is 45.9 Å². The summed E-state index contributed by atoms with van der Waals surface area (Å²) in [7, 11) is 1.87. The second-order valence-corrected chi connectivity index (χ2v) is 21.4. The van der Waals surface area contributed by atoms with Gasteiger partial charge in [0.15, 0.2) is 18.4 Å². The molecule has 6 aliphatic rings. The minimum atomic E-state index is -1.22. The van der Waals surface area contributed by atoms with Gasteiger partial charge in [0.25, 0.3) is 5.91 Å². The predicted octanol–water partition coefficient (Wildman–Crippen LogP) is -2.01. The Bertz CT molecular complexity index is 2870. The molecule has 0 bridgehead atoms. The van der Waals surface area contributed by atoms with Crippen molar-refractivity contribution in [2.75, 3.05) is 33.2 Å². The molecule has 3 aromatic rings. The van der Waals surface area contributed by atoms with Gasteiger partial charge in [-0.1, -0.05) is 13.8 Å². The first-order valence-corrected chi connectivity index (χ1v) is 25.0. The summed E-state index contributed by atoms with van der Waals surface area (Å²) in [5, 5.41) is 42.7. The van der Waals surface area contributed by atoms with Crippen LogP contribution in [0.2, 0.25) is 0 Å². The number of carboxylic acid groups (broad SMARTS) is 2. The molecular weight excluding hydrogens is 977 g/mol. The number of nitrogens with one attached hydrogen (secondary N) is 1. The van der Waals surface area contributed by atoms with E-state index in [9.17, 15) is 58.8 Å². The molecule has 0 saturated carbocycles. The van der Waals surface area contributed by atoms with Crippen LogP contribution in [0, 0.1) is 23.7 Å². The first-order chi connectivity index (χ1) is 34.0. The van der Waals surface area contributed by atoms with Gasteiger partial charge < -0.3 is 57.6 Å². The minimum absolute atomic E-state index is 0.000632. The number of nitrogens with zero attached hydrogens (tertiary/aromatic N) is 8. The molecule has 0 aromatic carbocycles. The van der Waals surface area contributed by atoms with Crippen molar-refractivity contribution in [1.82, 2.24) is 34.3 Å². The topological polar surface area (TPSA) is 354 Å². The number of aliphatic imine (C=N–C) groups is 1. The monoisotopic (exact) mass is 1030 g/mol. The smallest absolute Gasteiger partial charge is 0.353 e. The zero-order chi connectivity index (χ0) is 52.4. The van der Waals surface area contributed by atoms with Gasteiger partial charge in [0.2, 0.25) is 36.0 Å². The van der Waals surface area contributed by atoms with Crippen molar-refractivity contribution < 1.29 is 63.3 Å². The van der Waals surface area contributed by atoms with Crippen LogP contribution in [0.25, 0.3) is 10.4 Å². The van der Waals surface area contributed by atoms with E-state index in [4.69, 9.17) is 17.2 Å². The summed E-state index contributed by atoms with van der Waals surface area (Å²) in [5.74, 6) is -6.33. The highest BCUT2D eigenvalue weighted by molar-refractivity contribution is 8.03. The van der Waals surface area contributed by atoms with E-state index in [0.717, 1.165) is 0 Å². The van der Waals surface area contributed by atoms with E-state index in [1.54, 1.807) is 40.8 Å². The number of fused-ring (bicyclic) bond motifs is 3. The zero-order valence-corrected chi connectivity index (χ0v) is 41.6. The Hall–Kier alpha value is -6.74. The summed E-state index contributed by atoms with van der Waals surface area (Å²) < 4.78 is 3.16. The number of guanidine groups is 1. The standard InChI is InChI=1S/C23H35N7O6S.C23H21N5O6S/c1-10-17-16(11(2)31)21(34)30(17)18(22(35)36)19(10)37-13-6-14(28(3)9-13)20(33)29-5-4-12(8-29)27-15(32)7-26-23(24)25;1-10-15(19(23(33)34)28-18(10)16(11(2)29)21(28)32)13-7-27-9-25-17(22(27)35-13)20(31)12-4-3-5-26(6-12)8-14(24)30/h10-14,16-17,31H,4-9H2,1-3H3,(H,27,32)(H,35,36)(H4,24,25,26);3-7,9-11,16,18,29H,8H2,1-2H3,(H2-,24,30,33,34)/p+1/t10-,11-,12+,13?,14+,16-,17-;10-,11+,16+,18+/m10/s1. The molecule has 4 fully saturated rings. The molecule has 1 unspecified atom stereocenters. The molecule has 26 heteroatoms. The number of ketones is 1. The van der Waals surface area contributed by atoms with E-state index < -0.39 is 53.8 Å². The number of likely N-dealkylation sites (tertiary alicyclic amines) is 2. The molecule has 9 rings (SSSR count). The highest BCUT2D eigenvalue weighted by Gasteiger charge is 2.61. The zero-order valence-electron chi connectivity index (χ0n) is 39.9. The fourth-order valence-electron chi connectivity index (χ4n) is 11.0. The van der Waals surface area contributed by atoms with Gasteiger partial charge in [0, 0.05) is 65.5 Å². The Labute approximate surface area is 420 Å². The maximum Gasteiger partial charge on any atom is 0.353 e. The lowest BCUT2D eigenvalue weighted by molar-refractivity contribution is -0.684. The number of imidazole rings is 1. The molecule has 5 amide bonds. The Kier molecular flexibility index (Phi) is 14.4. The number of aliphatic hydroxyl groups is 2. The number of aliphatic hydroxyl groups excluding tert-OH is 2. The van der Waals surface area contributed by atoms with Crippen LogP contribution in [0.3, 0.4) is 0 Å². The molecule has 6 aliphatic heterocycles. The molecule has 0 aliphatic carbocycles. The molecule has 9 heterocycles. The van der Waals surface area contributed by atoms with Crippen LogP contribution < -0.4 is 27.1 Å². The van der Waals surface area contributed by atoms with Crippen molar-refractivity contribution in [3.8, 4) is 0 Å². The van der Waals surface area contributed by atoms with Crippen molar-refractivity contribution >= 4 is 86.7 Å². The molecule has 0 spiro atoms. The summed E-state index contributed by atoms with van der Waals surface area (Å²) in [6, 6.07) is 1.91. The van der Waals surface area contributed by atoms with Gasteiger partial charge in [-0.05, 0) is 39.8 Å². The third-order valence-electron chi connectivity index (χ3n) is 14.2. The third-order valence-corrected chi connectivity index (χ3v) is 16.8. The average molecular weight is 1030 g/mol.